The molecule has 0 spiro atoms. The maximum absolute atomic E-state index is 4.69. The number of nitrogens with one attached hydrogen (secondary N) is 1. The second-order valence-corrected chi connectivity index (χ2v) is 6.92. The van der Waals surface area contributed by atoms with Gasteiger partial charge < -0.3 is 0 Å². The average Bonchev–Trinajstić information content (AvgIpc) is 2.91. The van der Waals surface area contributed by atoms with E-state index in [1.54, 1.807) is 0 Å². The first-order valence-electron chi connectivity index (χ1n) is 7.25. The molecule has 0 unspecified atom stereocenters. The SMILES string of the molecule is Cc1cccc(C(C)(C)CCC(C)(C)c2cn[nH]c2)n1. The molecule has 1 N–H and O–H groups in total. The molecule has 2 rings (SSSR count). The summed E-state index contributed by atoms with van der Waals surface area (Å²) in [5, 5.41) is 6.98. The zero-order valence-electron chi connectivity index (χ0n) is 13.2. The molecular weight excluding hydrogens is 246 g/mol. The third-order valence-electron chi connectivity index (χ3n) is 4.24. The molecule has 0 aliphatic heterocycles. The van der Waals surface area contributed by atoms with E-state index in [0.29, 0.717) is 0 Å². The summed E-state index contributed by atoms with van der Waals surface area (Å²) in [5.74, 6) is 0. The minimum absolute atomic E-state index is 0.0903. The van der Waals surface area contributed by atoms with Crippen LogP contribution in [0, 0.1) is 6.92 Å². The molecule has 108 valence electrons. The summed E-state index contributed by atoms with van der Waals surface area (Å²) < 4.78 is 0. The van der Waals surface area contributed by atoms with Crippen LogP contribution in [0.1, 0.15) is 57.5 Å². The monoisotopic (exact) mass is 271 g/mol. The molecule has 0 saturated heterocycles. The Bertz CT molecular complexity index is 553. The quantitative estimate of drug-likeness (QED) is 0.887. The van der Waals surface area contributed by atoms with Crippen molar-refractivity contribution in [2.45, 2.75) is 58.3 Å². The van der Waals surface area contributed by atoms with Gasteiger partial charge in [-0.1, -0.05) is 33.8 Å². The van der Waals surface area contributed by atoms with Crippen molar-refractivity contribution >= 4 is 0 Å². The van der Waals surface area contributed by atoms with Gasteiger partial charge in [-0.05, 0) is 42.9 Å². The van der Waals surface area contributed by atoms with Crippen LogP contribution in [0.5, 0.6) is 0 Å². The van der Waals surface area contributed by atoms with Gasteiger partial charge in [-0.2, -0.15) is 5.10 Å². The van der Waals surface area contributed by atoms with Crippen LogP contribution in [0.4, 0.5) is 0 Å². The van der Waals surface area contributed by atoms with Crippen LogP contribution in [-0.4, -0.2) is 15.2 Å². The summed E-state index contributed by atoms with van der Waals surface area (Å²) in [7, 11) is 0. The molecule has 3 heteroatoms. The van der Waals surface area contributed by atoms with Crippen molar-refractivity contribution in [3.05, 3.63) is 47.5 Å². The van der Waals surface area contributed by atoms with Gasteiger partial charge >= 0.3 is 0 Å². The molecule has 2 aromatic rings. The Morgan fingerprint density at radius 3 is 2.35 bits per heavy atom. The van der Waals surface area contributed by atoms with Gasteiger partial charge in [0.2, 0.25) is 0 Å². The second kappa shape index (κ2) is 5.39. The normalized spacial score (nSPS) is 12.7. The number of nitrogens with zero attached hydrogens (tertiary/aromatic N) is 2. The lowest BCUT2D eigenvalue weighted by atomic mass is 9.75. The van der Waals surface area contributed by atoms with Crippen molar-refractivity contribution in [2.75, 3.05) is 0 Å². The van der Waals surface area contributed by atoms with Gasteiger partial charge in [0.05, 0.1) is 6.20 Å². The Hall–Kier alpha value is -1.64. The first-order chi connectivity index (χ1) is 9.31. The van der Waals surface area contributed by atoms with E-state index in [9.17, 15) is 0 Å². The molecular formula is C17H25N3. The fourth-order valence-corrected chi connectivity index (χ4v) is 2.44. The summed E-state index contributed by atoms with van der Waals surface area (Å²) in [6, 6.07) is 6.29. The van der Waals surface area contributed by atoms with E-state index in [1.807, 2.05) is 12.4 Å². The molecule has 0 amide bonds. The van der Waals surface area contributed by atoms with Crippen LogP contribution in [0.3, 0.4) is 0 Å². The number of aromatic nitrogens is 3. The van der Waals surface area contributed by atoms with Crippen molar-refractivity contribution in [1.29, 1.82) is 0 Å². The van der Waals surface area contributed by atoms with Crippen LogP contribution < -0.4 is 0 Å². The molecule has 0 aromatic carbocycles. The lowest BCUT2D eigenvalue weighted by Crippen LogP contribution is -2.25. The molecule has 20 heavy (non-hydrogen) atoms. The molecule has 0 radical (unpaired) electrons. The highest BCUT2D eigenvalue weighted by Crippen LogP contribution is 2.34. The van der Waals surface area contributed by atoms with Crippen molar-refractivity contribution < 1.29 is 0 Å². The summed E-state index contributed by atoms with van der Waals surface area (Å²) in [6.45, 7) is 11.2. The van der Waals surface area contributed by atoms with E-state index in [0.717, 1.165) is 18.5 Å². The standard InChI is InChI=1S/C17H25N3/c1-13-7-6-8-15(20-13)17(4,5)10-9-16(2,3)14-11-18-19-12-14/h6-8,11-12H,9-10H2,1-5H3,(H,18,19). The molecule has 0 aliphatic rings. The average molecular weight is 271 g/mol. The first-order valence-corrected chi connectivity index (χ1v) is 7.25. The van der Waals surface area contributed by atoms with E-state index in [2.05, 4.69) is 68.0 Å². The number of hydrogen-bond donors (Lipinski definition) is 1. The molecule has 0 bridgehead atoms. The number of pyridine rings is 1. The molecule has 3 nitrogen and oxygen atoms in total. The van der Waals surface area contributed by atoms with Crippen molar-refractivity contribution in [2.24, 2.45) is 0 Å². The highest BCUT2D eigenvalue weighted by molar-refractivity contribution is 5.20. The Balaban J connectivity index is 2.09. The smallest absolute Gasteiger partial charge is 0.0524 e. The van der Waals surface area contributed by atoms with Crippen LogP contribution >= 0.6 is 0 Å². The molecule has 2 heterocycles. The summed E-state index contributed by atoms with van der Waals surface area (Å²) >= 11 is 0. The number of rotatable bonds is 5. The first kappa shape index (κ1) is 14.8. The minimum atomic E-state index is 0.0903. The number of aromatic amines is 1. The zero-order valence-corrected chi connectivity index (χ0v) is 13.2. The Kier molecular flexibility index (Phi) is 3.98. The molecule has 0 atom stereocenters. The molecule has 0 aliphatic carbocycles. The minimum Gasteiger partial charge on any atom is -0.285 e. The van der Waals surface area contributed by atoms with Gasteiger partial charge in [0.15, 0.2) is 0 Å². The predicted molar refractivity (Wildman–Crippen MR) is 82.8 cm³/mol. The fourth-order valence-electron chi connectivity index (χ4n) is 2.44. The van der Waals surface area contributed by atoms with E-state index < -0.39 is 0 Å². The van der Waals surface area contributed by atoms with Gasteiger partial charge in [0.1, 0.15) is 0 Å². The second-order valence-electron chi connectivity index (χ2n) is 6.92. The van der Waals surface area contributed by atoms with Gasteiger partial charge in [-0.3, -0.25) is 10.1 Å². The van der Waals surface area contributed by atoms with Crippen molar-refractivity contribution in [1.82, 2.24) is 15.2 Å². The summed E-state index contributed by atoms with van der Waals surface area (Å²) in [5.41, 5.74) is 3.76. The van der Waals surface area contributed by atoms with E-state index >= 15 is 0 Å². The van der Waals surface area contributed by atoms with E-state index in [1.165, 1.54) is 11.3 Å². The maximum Gasteiger partial charge on any atom is 0.0524 e. The van der Waals surface area contributed by atoms with Crippen LogP contribution in [0.15, 0.2) is 30.6 Å². The highest BCUT2D eigenvalue weighted by atomic mass is 15.1. The topological polar surface area (TPSA) is 41.6 Å². The van der Waals surface area contributed by atoms with Gasteiger partial charge in [0.25, 0.3) is 0 Å². The van der Waals surface area contributed by atoms with Crippen LogP contribution in [-0.2, 0) is 10.8 Å². The Labute approximate surface area is 121 Å². The number of aryl methyl sites for hydroxylation is 1. The van der Waals surface area contributed by atoms with Crippen molar-refractivity contribution in [3.8, 4) is 0 Å². The van der Waals surface area contributed by atoms with Crippen molar-refractivity contribution in [3.63, 3.8) is 0 Å². The van der Waals surface area contributed by atoms with E-state index in [4.69, 9.17) is 0 Å². The van der Waals surface area contributed by atoms with Gasteiger partial charge in [0, 0.05) is 23.0 Å². The lowest BCUT2D eigenvalue weighted by Gasteiger charge is -2.30. The largest absolute Gasteiger partial charge is 0.285 e. The fraction of sp³-hybridized carbons (Fsp3) is 0.529. The molecule has 2 aromatic heterocycles. The summed E-state index contributed by atoms with van der Waals surface area (Å²) in [6.07, 6.45) is 6.13. The zero-order chi connectivity index (χ0) is 14.8. The van der Waals surface area contributed by atoms with Crippen LogP contribution in [0.25, 0.3) is 0 Å². The van der Waals surface area contributed by atoms with Crippen LogP contribution in [0.2, 0.25) is 0 Å². The number of H-pyrrole nitrogens is 1. The lowest BCUT2D eigenvalue weighted by molar-refractivity contribution is 0.369. The van der Waals surface area contributed by atoms with Gasteiger partial charge in [-0.25, -0.2) is 0 Å². The third-order valence-corrected chi connectivity index (χ3v) is 4.24. The predicted octanol–water partition coefficient (Wildman–Crippen LogP) is 4.15. The highest BCUT2D eigenvalue weighted by Gasteiger charge is 2.28. The van der Waals surface area contributed by atoms with E-state index in [-0.39, 0.29) is 10.8 Å². The molecule has 0 saturated carbocycles. The Morgan fingerprint density at radius 1 is 1.05 bits per heavy atom. The number of hydrogen-bond acceptors (Lipinski definition) is 2. The Morgan fingerprint density at radius 2 is 1.75 bits per heavy atom. The maximum atomic E-state index is 4.69. The molecule has 0 fully saturated rings. The summed E-state index contributed by atoms with van der Waals surface area (Å²) in [4.78, 5) is 4.69. The third kappa shape index (κ3) is 3.27. The van der Waals surface area contributed by atoms with Gasteiger partial charge in [-0.15, -0.1) is 0 Å².